The minimum atomic E-state index is -2.20. The van der Waals surface area contributed by atoms with Crippen molar-refractivity contribution in [2.24, 2.45) is 0 Å². The lowest BCUT2D eigenvalue weighted by atomic mass is 9.87. The average Bonchev–Trinajstić information content (AvgIpc) is 2.81. The molecule has 3 amide bonds. The Labute approximate surface area is 193 Å². The second-order valence-electron chi connectivity index (χ2n) is 8.87. The van der Waals surface area contributed by atoms with Gasteiger partial charge in [0.2, 0.25) is 0 Å². The summed E-state index contributed by atoms with van der Waals surface area (Å²) in [4.78, 5) is 28.3. The molecule has 2 aliphatic rings. The molecule has 0 saturated heterocycles. The fourth-order valence-electron chi connectivity index (χ4n) is 4.89. The van der Waals surface area contributed by atoms with E-state index in [1.807, 2.05) is 44.2 Å². The number of carbonyl (C=O) groups excluding carboxylic acids is 2. The van der Waals surface area contributed by atoms with Crippen LogP contribution < -0.4 is 15.5 Å². The second kappa shape index (κ2) is 8.05. The highest BCUT2D eigenvalue weighted by molar-refractivity contribution is 6.12. The maximum Gasteiger partial charge on any atom is 0.329 e. The van der Waals surface area contributed by atoms with E-state index >= 15 is 0 Å². The Kier molecular flexibility index (Phi) is 5.17. The quantitative estimate of drug-likeness (QED) is 0.551. The van der Waals surface area contributed by atoms with Crippen molar-refractivity contribution in [2.75, 3.05) is 10.2 Å². The standard InChI is InChI=1S/C27H27N3O3/c1-17-14-15-20(16-18(17)2)30-26(32)29-24-12-6-5-11-22(24)27(30,33)25(31)28-23-13-7-9-19-8-3-4-10-21(19)23/h3-6,8,10-12,14-16,23,33H,7,9,13H2,1-2H3,(H,28,31)(H,29,32)/t23-,27+/m1/s1. The molecule has 0 radical (unpaired) electrons. The van der Waals surface area contributed by atoms with Gasteiger partial charge in [0.25, 0.3) is 11.6 Å². The van der Waals surface area contributed by atoms with Crippen LogP contribution in [0.4, 0.5) is 16.2 Å². The molecule has 0 saturated carbocycles. The lowest BCUT2D eigenvalue weighted by Gasteiger charge is -2.43. The van der Waals surface area contributed by atoms with Gasteiger partial charge in [0.1, 0.15) is 0 Å². The molecule has 168 valence electrons. The van der Waals surface area contributed by atoms with E-state index in [4.69, 9.17) is 0 Å². The molecule has 6 nitrogen and oxygen atoms in total. The Balaban J connectivity index is 1.60. The number of hydrogen-bond acceptors (Lipinski definition) is 3. The number of nitrogens with zero attached hydrogens (tertiary/aromatic N) is 1. The summed E-state index contributed by atoms with van der Waals surface area (Å²) >= 11 is 0. The summed E-state index contributed by atoms with van der Waals surface area (Å²) in [6.07, 6.45) is 2.68. The summed E-state index contributed by atoms with van der Waals surface area (Å²) < 4.78 is 0. The summed E-state index contributed by atoms with van der Waals surface area (Å²) in [6, 6.07) is 19.6. The third-order valence-electron chi connectivity index (χ3n) is 6.81. The molecule has 0 spiro atoms. The lowest BCUT2D eigenvalue weighted by Crippen LogP contribution is -2.63. The monoisotopic (exact) mass is 441 g/mol. The van der Waals surface area contributed by atoms with Crippen LogP contribution in [0.1, 0.15) is 46.7 Å². The van der Waals surface area contributed by atoms with Gasteiger partial charge in [-0.2, -0.15) is 0 Å². The zero-order valence-corrected chi connectivity index (χ0v) is 18.8. The Bertz CT molecular complexity index is 1250. The molecule has 0 aromatic heterocycles. The molecule has 5 rings (SSSR count). The number of anilines is 2. The number of nitrogens with one attached hydrogen (secondary N) is 2. The van der Waals surface area contributed by atoms with Crippen LogP contribution in [-0.4, -0.2) is 17.0 Å². The van der Waals surface area contributed by atoms with Crippen molar-refractivity contribution in [3.63, 3.8) is 0 Å². The van der Waals surface area contributed by atoms with Crippen molar-refractivity contribution in [1.82, 2.24) is 5.32 Å². The minimum absolute atomic E-state index is 0.231. The van der Waals surface area contributed by atoms with Crippen molar-refractivity contribution in [2.45, 2.75) is 44.9 Å². The topological polar surface area (TPSA) is 81.7 Å². The largest absolute Gasteiger partial charge is 0.359 e. The van der Waals surface area contributed by atoms with Crippen LogP contribution in [0.15, 0.2) is 66.7 Å². The Morgan fingerprint density at radius 3 is 2.64 bits per heavy atom. The van der Waals surface area contributed by atoms with Crippen LogP contribution in [0.25, 0.3) is 0 Å². The normalized spacial score (nSPS) is 21.6. The van der Waals surface area contributed by atoms with Gasteiger partial charge in [-0.3, -0.25) is 9.69 Å². The van der Waals surface area contributed by atoms with Crippen LogP contribution >= 0.6 is 0 Å². The fourth-order valence-corrected chi connectivity index (χ4v) is 4.89. The lowest BCUT2D eigenvalue weighted by molar-refractivity contribution is -0.141. The molecule has 3 N–H and O–H groups in total. The zero-order valence-electron chi connectivity index (χ0n) is 18.8. The van der Waals surface area contributed by atoms with Gasteiger partial charge in [-0.15, -0.1) is 0 Å². The second-order valence-corrected chi connectivity index (χ2v) is 8.87. The molecule has 0 fully saturated rings. The molecule has 0 bridgehead atoms. The van der Waals surface area contributed by atoms with Gasteiger partial charge < -0.3 is 15.7 Å². The van der Waals surface area contributed by atoms with E-state index in [-0.39, 0.29) is 6.04 Å². The van der Waals surface area contributed by atoms with Gasteiger partial charge in [0.05, 0.1) is 11.7 Å². The van der Waals surface area contributed by atoms with Gasteiger partial charge in [0.15, 0.2) is 0 Å². The van der Waals surface area contributed by atoms with Crippen LogP contribution in [0.5, 0.6) is 0 Å². The van der Waals surface area contributed by atoms with E-state index in [1.165, 1.54) is 5.56 Å². The first-order valence-corrected chi connectivity index (χ1v) is 11.3. The summed E-state index contributed by atoms with van der Waals surface area (Å²) in [5.41, 5.74) is 3.29. The van der Waals surface area contributed by atoms with E-state index in [1.54, 1.807) is 30.3 Å². The fraction of sp³-hybridized carbons (Fsp3) is 0.259. The van der Waals surface area contributed by atoms with E-state index in [0.717, 1.165) is 40.9 Å². The molecular formula is C27H27N3O3. The number of aryl methyl sites for hydroxylation is 3. The van der Waals surface area contributed by atoms with Crippen molar-refractivity contribution >= 4 is 23.3 Å². The summed E-state index contributed by atoms with van der Waals surface area (Å²) in [7, 11) is 0. The summed E-state index contributed by atoms with van der Waals surface area (Å²) in [5.74, 6) is -0.621. The molecule has 1 aliphatic carbocycles. The van der Waals surface area contributed by atoms with E-state index in [0.29, 0.717) is 16.9 Å². The predicted octanol–water partition coefficient (Wildman–Crippen LogP) is 4.69. The van der Waals surface area contributed by atoms with Gasteiger partial charge in [0, 0.05) is 11.3 Å². The molecule has 3 aromatic rings. The summed E-state index contributed by atoms with van der Waals surface area (Å²) in [6.45, 7) is 3.91. The SMILES string of the molecule is Cc1ccc(N2C(=O)Nc3ccccc3[C@]2(O)C(=O)N[C@@H]2CCCc3ccccc32)cc1C. The number of urea groups is 1. The number of rotatable bonds is 3. The first-order valence-electron chi connectivity index (χ1n) is 11.3. The number of aliphatic hydroxyl groups is 1. The highest BCUT2D eigenvalue weighted by Crippen LogP contribution is 2.41. The third-order valence-corrected chi connectivity index (χ3v) is 6.81. The number of para-hydroxylation sites is 1. The minimum Gasteiger partial charge on any atom is -0.359 e. The van der Waals surface area contributed by atoms with Crippen LogP contribution in [0.3, 0.4) is 0 Å². The Morgan fingerprint density at radius 1 is 1.06 bits per heavy atom. The molecule has 6 heteroatoms. The van der Waals surface area contributed by atoms with Crippen LogP contribution in [-0.2, 0) is 16.9 Å². The average molecular weight is 442 g/mol. The van der Waals surface area contributed by atoms with Gasteiger partial charge in [-0.1, -0.05) is 48.5 Å². The molecule has 0 unspecified atom stereocenters. The van der Waals surface area contributed by atoms with Gasteiger partial charge >= 0.3 is 6.03 Å². The number of fused-ring (bicyclic) bond motifs is 2. The van der Waals surface area contributed by atoms with Crippen LogP contribution in [0.2, 0.25) is 0 Å². The highest BCUT2D eigenvalue weighted by atomic mass is 16.3. The summed E-state index contributed by atoms with van der Waals surface area (Å²) in [5, 5.41) is 17.9. The first-order chi connectivity index (χ1) is 15.9. The van der Waals surface area contributed by atoms with E-state index in [2.05, 4.69) is 16.7 Å². The predicted molar refractivity (Wildman–Crippen MR) is 128 cm³/mol. The smallest absolute Gasteiger partial charge is 0.329 e. The number of amides is 3. The maximum atomic E-state index is 13.9. The molecule has 1 aliphatic heterocycles. The third kappa shape index (κ3) is 3.47. The molecule has 3 aromatic carbocycles. The maximum absolute atomic E-state index is 13.9. The Morgan fingerprint density at radius 2 is 1.82 bits per heavy atom. The molecule has 33 heavy (non-hydrogen) atoms. The molecule has 2 atom stereocenters. The number of hydrogen-bond donors (Lipinski definition) is 3. The highest BCUT2D eigenvalue weighted by Gasteiger charge is 2.52. The first kappa shape index (κ1) is 21.2. The molecule has 1 heterocycles. The van der Waals surface area contributed by atoms with Gasteiger partial charge in [-0.25, -0.2) is 4.79 Å². The molecular weight excluding hydrogens is 414 g/mol. The van der Waals surface area contributed by atoms with Crippen molar-refractivity contribution in [3.05, 3.63) is 94.5 Å². The van der Waals surface area contributed by atoms with E-state index in [9.17, 15) is 14.7 Å². The van der Waals surface area contributed by atoms with Gasteiger partial charge in [-0.05, 0) is 73.6 Å². The Hall–Kier alpha value is -3.64. The van der Waals surface area contributed by atoms with Crippen molar-refractivity contribution in [3.8, 4) is 0 Å². The van der Waals surface area contributed by atoms with E-state index < -0.39 is 17.7 Å². The van der Waals surface area contributed by atoms with Crippen molar-refractivity contribution in [1.29, 1.82) is 0 Å². The number of benzene rings is 3. The zero-order chi connectivity index (χ0) is 23.2. The van der Waals surface area contributed by atoms with Crippen molar-refractivity contribution < 1.29 is 14.7 Å². The van der Waals surface area contributed by atoms with Crippen LogP contribution in [0, 0.1) is 13.8 Å². The number of carbonyl (C=O) groups is 2.